The smallest absolute Gasteiger partial charge is 0.228 e. The van der Waals surface area contributed by atoms with Crippen LogP contribution in [0.25, 0.3) is 0 Å². The Hall–Kier alpha value is -1.75. The van der Waals surface area contributed by atoms with Crippen molar-refractivity contribution >= 4 is 29.1 Å². The number of anilines is 1. The minimum Gasteiger partial charge on any atom is -0.495 e. The van der Waals surface area contributed by atoms with Crippen molar-refractivity contribution in [2.75, 3.05) is 12.4 Å². The number of hydrogen-bond acceptors (Lipinski definition) is 3. The second-order valence-corrected chi connectivity index (χ2v) is 7.49. The Morgan fingerprint density at radius 3 is 2.48 bits per heavy atom. The largest absolute Gasteiger partial charge is 0.495 e. The van der Waals surface area contributed by atoms with Gasteiger partial charge in [-0.05, 0) is 37.8 Å². The van der Waals surface area contributed by atoms with Gasteiger partial charge in [0.1, 0.15) is 5.75 Å². The monoisotopic (exact) mass is 364 g/mol. The van der Waals surface area contributed by atoms with Gasteiger partial charge in [-0.1, -0.05) is 30.9 Å². The number of aryl methyl sites for hydroxylation is 1. The number of amides is 2. The van der Waals surface area contributed by atoms with Crippen LogP contribution in [0.3, 0.4) is 0 Å². The van der Waals surface area contributed by atoms with Gasteiger partial charge in [-0.15, -0.1) is 0 Å². The maximum Gasteiger partial charge on any atom is 0.228 e. The van der Waals surface area contributed by atoms with Crippen LogP contribution in [0.4, 0.5) is 5.69 Å². The van der Waals surface area contributed by atoms with Crippen LogP contribution in [0, 0.1) is 18.8 Å². The number of ether oxygens (including phenoxy) is 1. The molecule has 0 aliphatic heterocycles. The molecule has 2 fully saturated rings. The third kappa shape index (κ3) is 4.27. The molecule has 3 rings (SSSR count). The molecule has 0 heterocycles. The lowest BCUT2D eigenvalue weighted by atomic mass is 9.95. The normalized spacial score (nSPS) is 23.0. The fraction of sp³-hybridized carbons (Fsp3) is 0.579. The number of methoxy groups -OCH3 is 1. The zero-order valence-electron chi connectivity index (χ0n) is 14.7. The summed E-state index contributed by atoms with van der Waals surface area (Å²) in [7, 11) is 1.54. The molecule has 2 aliphatic rings. The van der Waals surface area contributed by atoms with Gasteiger partial charge in [0.25, 0.3) is 0 Å². The minimum absolute atomic E-state index is 0.0197. The zero-order chi connectivity index (χ0) is 18.0. The number of benzene rings is 1. The quantitative estimate of drug-likeness (QED) is 0.837. The third-order valence-electron chi connectivity index (χ3n) is 5.15. The maximum atomic E-state index is 12.5. The molecule has 25 heavy (non-hydrogen) atoms. The van der Waals surface area contributed by atoms with Gasteiger partial charge < -0.3 is 15.4 Å². The molecular formula is C19H25ClN2O3. The first-order valence-electron chi connectivity index (χ1n) is 8.95. The molecule has 2 saturated carbocycles. The highest BCUT2D eigenvalue weighted by molar-refractivity contribution is 6.31. The molecule has 2 atom stereocenters. The van der Waals surface area contributed by atoms with Crippen molar-refractivity contribution in [2.45, 2.75) is 51.5 Å². The van der Waals surface area contributed by atoms with Gasteiger partial charge in [-0.25, -0.2) is 0 Å². The number of carbonyl (C=O) groups excluding carboxylic acids is 2. The van der Waals surface area contributed by atoms with Gasteiger partial charge >= 0.3 is 0 Å². The minimum atomic E-state index is -0.260. The second kappa shape index (κ2) is 7.65. The summed E-state index contributed by atoms with van der Waals surface area (Å²) >= 11 is 6.09. The Balaban J connectivity index is 1.56. The number of halogens is 1. The molecule has 0 aromatic heterocycles. The number of rotatable bonds is 5. The Morgan fingerprint density at radius 2 is 1.80 bits per heavy atom. The van der Waals surface area contributed by atoms with E-state index < -0.39 is 0 Å². The summed E-state index contributed by atoms with van der Waals surface area (Å²) in [5.41, 5.74) is 1.45. The standard InChI is InChI=1S/C19H25ClN2O3/c1-11-8-16(17(25-2)10-15(11)20)22-19(24)14-9-13(14)18(23)21-12-6-4-3-5-7-12/h8,10,12-14H,3-7,9H2,1-2H3,(H,21,23)(H,22,24). The molecule has 1 aromatic rings. The predicted molar refractivity (Wildman–Crippen MR) is 98.0 cm³/mol. The van der Waals surface area contributed by atoms with Crippen molar-refractivity contribution in [1.82, 2.24) is 5.32 Å². The molecule has 2 aliphatic carbocycles. The summed E-state index contributed by atoms with van der Waals surface area (Å²) < 4.78 is 5.28. The first kappa shape index (κ1) is 18.1. The van der Waals surface area contributed by atoms with Crippen molar-refractivity contribution in [1.29, 1.82) is 0 Å². The van der Waals surface area contributed by atoms with E-state index in [0.29, 0.717) is 22.9 Å². The first-order chi connectivity index (χ1) is 12.0. The molecule has 136 valence electrons. The highest BCUT2D eigenvalue weighted by Crippen LogP contribution is 2.41. The van der Waals surface area contributed by atoms with Gasteiger partial charge in [0.15, 0.2) is 0 Å². The van der Waals surface area contributed by atoms with Crippen LogP contribution in [0.15, 0.2) is 12.1 Å². The Kier molecular flexibility index (Phi) is 5.52. The van der Waals surface area contributed by atoms with Crippen LogP contribution >= 0.6 is 11.6 Å². The van der Waals surface area contributed by atoms with Crippen molar-refractivity contribution in [3.05, 3.63) is 22.7 Å². The number of hydrogen-bond donors (Lipinski definition) is 2. The lowest BCUT2D eigenvalue weighted by molar-refractivity contribution is -0.126. The Labute approximate surface area is 153 Å². The van der Waals surface area contributed by atoms with Crippen LogP contribution in [-0.2, 0) is 9.59 Å². The number of nitrogens with one attached hydrogen (secondary N) is 2. The van der Waals surface area contributed by atoms with E-state index in [2.05, 4.69) is 10.6 Å². The molecule has 6 heteroatoms. The topological polar surface area (TPSA) is 67.4 Å². The summed E-state index contributed by atoms with van der Waals surface area (Å²) in [4.78, 5) is 24.8. The molecule has 2 N–H and O–H groups in total. The van der Waals surface area contributed by atoms with Crippen LogP contribution < -0.4 is 15.4 Å². The Bertz CT molecular complexity index is 671. The van der Waals surface area contributed by atoms with Crippen molar-refractivity contribution in [3.8, 4) is 5.75 Å². The van der Waals surface area contributed by atoms with Crippen molar-refractivity contribution in [3.63, 3.8) is 0 Å². The fourth-order valence-corrected chi connectivity index (χ4v) is 3.64. The van der Waals surface area contributed by atoms with E-state index in [1.54, 1.807) is 12.1 Å². The zero-order valence-corrected chi connectivity index (χ0v) is 15.5. The average Bonchev–Trinajstić information content (AvgIpc) is 3.40. The van der Waals surface area contributed by atoms with Gasteiger partial charge in [-0.2, -0.15) is 0 Å². The first-order valence-corrected chi connectivity index (χ1v) is 9.32. The second-order valence-electron chi connectivity index (χ2n) is 7.08. The molecular weight excluding hydrogens is 340 g/mol. The van der Waals surface area contributed by atoms with E-state index >= 15 is 0 Å². The number of carbonyl (C=O) groups is 2. The van der Waals surface area contributed by atoms with Crippen LogP contribution in [0.1, 0.15) is 44.1 Å². The maximum absolute atomic E-state index is 12.5. The summed E-state index contributed by atoms with van der Waals surface area (Å²) in [5.74, 6) is -0.0616. The average molecular weight is 365 g/mol. The summed E-state index contributed by atoms with van der Waals surface area (Å²) in [6.45, 7) is 1.87. The van der Waals surface area contributed by atoms with Crippen LogP contribution in [0.2, 0.25) is 5.02 Å². The predicted octanol–water partition coefficient (Wildman–Crippen LogP) is 3.68. The molecule has 1 aromatic carbocycles. The third-order valence-corrected chi connectivity index (χ3v) is 5.56. The van der Waals surface area contributed by atoms with E-state index in [-0.39, 0.29) is 29.7 Å². The van der Waals surface area contributed by atoms with Crippen LogP contribution in [0.5, 0.6) is 5.75 Å². The van der Waals surface area contributed by atoms with Gasteiger partial charge in [0.05, 0.1) is 24.6 Å². The molecule has 0 spiro atoms. The van der Waals surface area contributed by atoms with Crippen molar-refractivity contribution < 1.29 is 14.3 Å². The van der Waals surface area contributed by atoms with E-state index in [4.69, 9.17) is 16.3 Å². The van der Waals surface area contributed by atoms with E-state index in [9.17, 15) is 9.59 Å². The van der Waals surface area contributed by atoms with Crippen molar-refractivity contribution in [2.24, 2.45) is 11.8 Å². The Morgan fingerprint density at radius 1 is 1.12 bits per heavy atom. The highest BCUT2D eigenvalue weighted by Gasteiger charge is 2.48. The van der Waals surface area contributed by atoms with E-state index in [1.165, 1.54) is 26.4 Å². The molecule has 5 nitrogen and oxygen atoms in total. The summed E-state index contributed by atoms with van der Waals surface area (Å²) in [6.07, 6.45) is 6.32. The lowest BCUT2D eigenvalue weighted by Crippen LogP contribution is -2.37. The fourth-order valence-electron chi connectivity index (χ4n) is 3.48. The molecule has 2 amide bonds. The van der Waals surface area contributed by atoms with E-state index in [0.717, 1.165) is 18.4 Å². The van der Waals surface area contributed by atoms with Gasteiger partial charge in [0.2, 0.25) is 11.8 Å². The summed E-state index contributed by atoms with van der Waals surface area (Å²) in [6, 6.07) is 3.76. The van der Waals surface area contributed by atoms with Gasteiger partial charge in [-0.3, -0.25) is 9.59 Å². The molecule has 0 saturated heterocycles. The van der Waals surface area contributed by atoms with E-state index in [1.807, 2.05) is 6.92 Å². The molecule has 0 bridgehead atoms. The molecule has 0 radical (unpaired) electrons. The SMILES string of the molecule is COc1cc(Cl)c(C)cc1NC(=O)C1CC1C(=O)NC1CCCCC1. The van der Waals surface area contributed by atoms with Gasteiger partial charge in [0, 0.05) is 17.1 Å². The molecule has 2 unspecified atom stereocenters. The van der Waals surface area contributed by atoms with Crippen LogP contribution in [-0.4, -0.2) is 25.0 Å². The highest BCUT2D eigenvalue weighted by atomic mass is 35.5. The lowest BCUT2D eigenvalue weighted by Gasteiger charge is -2.22. The summed E-state index contributed by atoms with van der Waals surface area (Å²) in [5, 5.41) is 6.57.